The van der Waals surface area contributed by atoms with Gasteiger partial charge in [-0.3, -0.25) is 4.79 Å². The zero-order valence-electron chi connectivity index (χ0n) is 15.4. The van der Waals surface area contributed by atoms with Crippen LogP contribution < -0.4 is 5.32 Å². The Bertz CT molecular complexity index is 840. The molecule has 7 heteroatoms. The van der Waals surface area contributed by atoms with Crippen LogP contribution in [0.3, 0.4) is 0 Å². The van der Waals surface area contributed by atoms with Crippen LogP contribution in [0.2, 0.25) is 0 Å². The smallest absolute Gasteiger partial charge is 0.417 e. The van der Waals surface area contributed by atoms with Crippen LogP contribution in [0.5, 0.6) is 0 Å². The number of amides is 3. The third kappa shape index (κ3) is 4.14. The fraction of sp³-hybridized carbons (Fsp3) is 0.286. The number of carbonyl (C=O) groups excluding carboxylic acids is 2. The van der Waals surface area contributed by atoms with E-state index in [4.69, 9.17) is 9.84 Å². The molecule has 0 unspecified atom stereocenters. The molecule has 0 spiro atoms. The Kier molecular flexibility index (Phi) is 5.93. The van der Waals surface area contributed by atoms with Gasteiger partial charge in [-0.1, -0.05) is 67.6 Å². The molecule has 28 heavy (non-hydrogen) atoms. The second-order valence-electron chi connectivity index (χ2n) is 6.70. The van der Waals surface area contributed by atoms with Gasteiger partial charge in [-0.05, 0) is 17.0 Å². The van der Waals surface area contributed by atoms with Crippen molar-refractivity contribution in [3.63, 3.8) is 0 Å². The van der Waals surface area contributed by atoms with Crippen molar-refractivity contribution in [2.24, 2.45) is 5.92 Å². The summed E-state index contributed by atoms with van der Waals surface area (Å²) in [6.07, 6.45) is -1.93. The Morgan fingerprint density at radius 1 is 1.14 bits per heavy atom. The number of nitrogens with zero attached hydrogens (tertiary/aromatic N) is 1. The summed E-state index contributed by atoms with van der Waals surface area (Å²) in [5.41, 5.74) is 1.68. The standard InChI is InChI=1S/C21H22N2O5/c1-14(15-8-4-2-5-9-15)17(12-22-20(25)26)19(24)23-18(13-28-21(23)27)16-10-6-3-7-11-16/h2-11,14,17-18,22H,12-13H2,1H3,(H,25,26)/t14-,17+,18-/m0/s1. The molecule has 146 valence electrons. The Morgan fingerprint density at radius 3 is 2.36 bits per heavy atom. The minimum Gasteiger partial charge on any atom is -0.465 e. The number of carboxylic acid groups (broad SMARTS) is 1. The Balaban J connectivity index is 1.90. The van der Waals surface area contributed by atoms with Gasteiger partial charge < -0.3 is 15.2 Å². The van der Waals surface area contributed by atoms with Gasteiger partial charge in [0, 0.05) is 6.54 Å². The maximum Gasteiger partial charge on any atom is 0.417 e. The predicted octanol–water partition coefficient (Wildman–Crippen LogP) is 3.39. The molecule has 1 saturated heterocycles. The molecule has 1 aliphatic rings. The van der Waals surface area contributed by atoms with E-state index in [1.165, 1.54) is 0 Å². The van der Waals surface area contributed by atoms with Gasteiger partial charge >= 0.3 is 12.2 Å². The maximum absolute atomic E-state index is 13.4. The number of hydrogen-bond acceptors (Lipinski definition) is 4. The highest BCUT2D eigenvalue weighted by atomic mass is 16.6. The number of ether oxygens (including phenoxy) is 1. The van der Waals surface area contributed by atoms with Gasteiger partial charge in [0.2, 0.25) is 5.91 Å². The molecular formula is C21H22N2O5. The monoisotopic (exact) mass is 382 g/mol. The molecule has 0 aliphatic carbocycles. The summed E-state index contributed by atoms with van der Waals surface area (Å²) in [7, 11) is 0. The lowest BCUT2D eigenvalue weighted by Gasteiger charge is -2.29. The first kappa shape index (κ1) is 19.4. The highest BCUT2D eigenvalue weighted by Crippen LogP contribution is 2.33. The zero-order chi connectivity index (χ0) is 20.1. The zero-order valence-corrected chi connectivity index (χ0v) is 15.4. The normalized spacial score (nSPS) is 18.2. The number of rotatable bonds is 6. The van der Waals surface area contributed by atoms with Gasteiger partial charge in [0.05, 0.1) is 5.92 Å². The minimum atomic E-state index is -1.22. The summed E-state index contributed by atoms with van der Waals surface area (Å²) in [6.45, 7) is 1.82. The van der Waals surface area contributed by atoms with E-state index in [9.17, 15) is 14.4 Å². The van der Waals surface area contributed by atoms with Gasteiger partial charge in [0.1, 0.15) is 12.6 Å². The SMILES string of the molecule is C[C@@H](c1ccccc1)[C@@H](CNC(=O)O)C(=O)N1C(=O)OC[C@H]1c1ccccc1. The van der Waals surface area contributed by atoms with E-state index in [-0.39, 0.29) is 19.1 Å². The lowest BCUT2D eigenvalue weighted by Crippen LogP contribution is -2.44. The van der Waals surface area contributed by atoms with Crippen molar-refractivity contribution in [1.82, 2.24) is 10.2 Å². The van der Waals surface area contributed by atoms with E-state index in [1.807, 2.05) is 67.6 Å². The number of imide groups is 1. The summed E-state index contributed by atoms with van der Waals surface area (Å²) in [5.74, 6) is -1.51. The number of cyclic esters (lactones) is 1. The minimum absolute atomic E-state index is 0.0768. The molecule has 2 aromatic carbocycles. The molecule has 3 amide bonds. The van der Waals surface area contributed by atoms with E-state index in [2.05, 4.69) is 5.32 Å². The van der Waals surface area contributed by atoms with Crippen molar-refractivity contribution >= 4 is 18.1 Å². The molecule has 0 bridgehead atoms. The van der Waals surface area contributed by atoms with Crippen LogP contribution in [0.25, 0.3) is 0 Å². The summed E-state index contributed by atoms with van der Waals surface area (Å²) < 4.78 is 5.14. The summed E-state index contributed by atoms with van der Waals surface area (Å²) >= 11 is 0. The van der Waals surface area contributed by atoms with E-state index in [1.54, 1.807) is 0 Å². The molecule has 3 atom stereocenters. The lowest BCUT2D eigenvalue weighted by atomic mass is 9.86. The first-order valence-electron chi connectivity index (χ1n) is 9.05. The summed E-state index contributed by atoms with van der Waals surface area (Å²) in [4.78, 5) is 37.8. The molecule has 3 rings (SSSR count). The van der Waals surface area contributed by atoms with Crippen LogP contribution in [0, 0.1) is 5.92 Å². The molecule has 0 saturated carbocycles. The molecule has 2 N–H and O–H groups in total. The Hall–Kier alpha value is -3.35. The number of benzene rings is 2. The van der Waals surface area contributed by atoms with Crippen LogP contribution in [-0.2, 0) is 9.53 Å². The average molecular weight is 382 g/mol. The fourth-order valence-corrected chi connectivity index (χ4v) is 3.43. The number of nitrogens with one attached hydrogen (secondary N) is 1. The van der Waals surface area contributed by atoms with E-state index < -0.39 is 30.1 Å². The number of carbonyl (C=O) groups is 3. The average Bonchev–Trinajstić information content (AvgIpc) is 3.10. The van der Waals surface area contributed by atoms with E-state index >= 15 is 0 Å². The molecule has 0 aromatic heterocycles. The van der Waals surface area contributed by atoms with Crippen molar-refractivity contribution in [3.05, 3.63) is 71.8 Å². The number of hydrogen-bond donors (Lipinski definition) is 2. The third-order valence-corrected chi connectivity index (χ3v) is 5.01. The van der Waals surface area contributed by atoms with Crippen LogP contribution in [-0.4, -0.2) is 41.3 Å². The fourth-order valence-electron chi connectivity index (χ4n) is 3.43. The van der Waals surface area contributed by atoms with Gasteiger partial charge in [-0.25, -0.2) is 14.5 Å². The van der Waals surface area contributed by atoms with Crippen LogP contribution in [0.1, 0.15) is 30.0 Å². The highest BCUT2D eigenvalue weighted by Gasteiger charge is 2.43. The van der Waals surface area contributed by atoms with Crippen molar-refractivity contribution in [2.75, 3.05) is 13.2 Å². The first-order valence-corrected chi connectivity index (χ1v) is 9.05. The molecule has 1 aliphatic heterocycles. The molecule has 0 radical (unpaired) electrons. The van der Waals surface area contributed by atoms with E-state index in [0.717, 1.165) is 16.0 Å². The maximum atomic E-state index is 13.4. The largest absolute Gasteiger partial charge is 0.465 e. The summed E-state index contributed by atoms with van der Waals surface area (Å²) in [5, 5.41) is 11.3. The second kappa shape index (κ2) is 8.56. The molecule has 2 aromatic rings. The van der Waals surface area contributed by atoms with Gasteiger partial charge in [0.25, 0.3) is 0 Å². The van der Waals surface area contributed by atoms with Crippen LogP contribution in [0.15, 0.2) is 60.7 Å². The van der Waals surface area contributed by atoms with E-state index in [0.29, 0.717) is 0 Å². The predicted molar refractivity (Wildman–Crippen MR) is 102 cm³/mol. The van der Waals surface area contributed by atoms with Gasteiger partial charge in [-0.2, -0.15) is 0 Å². The molecule has 1 heterocycles. The molecule has 7 nitrogen and oxygen atoms in total. The summed E-state index contributed by atoms with van der Waals surface area (Å²) in [6, 6.07) is 18.0. The van der Waals surface area contributed by atoms with Gasteiger partial charge in [-0.15, -0.1) is 0 Å². The van der Waals surface area contributed by atoms with Crippen molar-refractivity contribution in [1.29, 1.82) is 0 Å². The lowest BCUT2D eigenvalue weighted by molar-refractivity contribution is -0.134. The van der Waals surface area contributed by atoms with Crippen LogP contribution >= 0.6 is 0 Å². The Labute approximate surface area is 162 Å². The second-order valence-corrected chi connectivity index (χ2v) is 6.70. The van der Waals surface area contributed by atoms with Gasteiger partial charge in [0.15, 0.2) is 0 Å². The molecule has 1 fully saturated rings. The highest BCUT2D eigenvalue weighted by molar-refractivity contribution is 5.95. The quantitative estimate of drug-likeness (QED) is 0.798. The Morgan fingerprint density at radius 2 is 1.75 bits per heavy atom. The molecular weight excluding hydrogens is 360 g/mol. The van der Waals surface area contributed by atoms with Crippen molar-refractivity contribution < 1.29 is 24.2 Å². The topological polar surface area (TPSA) is 95.9 Å². The van der Waals surface area contributed by atoms with Crippen molar-refractivity contribution in [2.45, 2.75) is 18.9 Å². The third-order valence-electron chi connectivity index (χ3n) is 5.01. The first-order chi connectivity index (χ1) is 13.5. The van der Waals surface area contributed by atoms with Crippen LogP contribution in [0.4, 0.5) is 9.59 Å². The van der Waals surface area contributed by atoms with Crippen molar-refractivity contribution in [3.8, 4) is 0 Å².